The van der Waals surface area contributed by atoms with Crippen LogP contribution in [-0.4, -0.2) is 28.1 Å². The number of benzene rings is 2. The smallest absolute Gasteiger partial charge is 0.339 e. The minimum Gasteiger partial charge on any atom is -0.339 e. The van der Waals surface area contributed by atoms with Crippen molar-refractivity contribution in [2.45, 2.75) is 31.5 Å². The van der Waals surface area contributed by atoms with Gasteiger partial charge < -0.3 is 4.52 Å². The SMILES string of the molecule is Fc1cccc(-c2noc(C3CCCN(Cc4ccc(C(F)(F)F)cc4)C3)n2)c1. The summed E-state index contributed by atoms with van der Waals surface area (Å²) in [7, 11) is 0. The third kappa shape index (κ3) is 4.64. The van der Waals surface area contributed by atoms with Crippen LogP contribution in [0.5, 0.6) is 0 Å². The summed E-state index contributed by atoms with van der Waals surface area (Å²) in [4.78, 5) is 6.60. The zero-order chi connectivity index (χ0) is 20.4. The molecule has 4 nitrogen and oxygen atoms in total. The lowest BCUT2D eigenvalue weighted by molar-refractivity contribution is -0.137. The molecule has 3 aromatic rings. The first-order valence-electron chi connectivity index (χ1n) is 9.36. The van der Waals surface area contributed by atoms with Gasteiger partial charge in [0.2, 0.25) is 11.7 Å². The summed E-state index contributed by atoms with van der Waals surface area (Å²) in [6, 6.07) is 11.3. The Kier molecular flexibility index (Phi) is 5.36. The summed E-state index contributed by atoms with van der Waals surface area (Å²) >= 11 is 0. The van der Waals surface area contributed by atoms with E-state index in [0.717, 1.165) is 37.1 Å². The van der Waals surface area contributed by atoms with Gasteiger partial charge in [0.05, 0.1) is 11.5 Å². The standard InChI is InChI=1S/C21H19F4N3O/c22-18-5-1-3-15(11-18)19-26-20(29-27-19)16-4-2-10-28(13-16)12-14-6-8-17(9-7-14)21(23,24)25/h1,3,5-9,11,16H,2,4,10,12-13H2. The van der Waals surface area contributed by atoms with Gasteiger partial charge in [-0.3, -0.25) is 4.90 Å². The van der Waals surface area contributed by atoms with Crippen LogP contribution in [0.4, 0.5) is 17.6 Å². The number of piperidine rings is 1. The number of rotatable bonds is 4. The number of alkyl halides is 3. The third-order valence-electron chi connectivity index (χ3n) is 5.07. The van der Waals surface area contributed by atoms with Crippen molar-refractivity contribution in [1.82, 2.24) is 15.0 Å². The van der Waals surface area contributed by atoms with Gasteiger partial charge in [-0.1, -0.05) is 29.4 Å². The highest BCUT2D eigenvalue weighted by atomic mass is 19.4. The molecule has 1 unspecified atom stereocenters. The van der Waals surface area contributed by atoms with Crippen LogP contribution < -0.4 is 0 Å². The van der Waals surface area contributed by atoms with Crippen LogP contribution in [0, 0.1) is 5.82 Å². The highest BCUT2D eigenvalue weighted by Gasteiger charge is 2.30. The largest absolute Gasteiger partial charge is 0.416 e. The number of aromatic nitrogens is 2. The molecule has 8 heteroatoms. The van der Waals surface area contributed by atoms with Crippen LogP contribution in [0.25, 0.3) is 11.4 Å². The van der Waals surface area contributed by atoms with E-state index in [1.807, 2.05) is 0 Å². The average molecular weight is 405 g/mol. The molecule has 1 atom stereocenters. The molecule has 0 aliphatic carbocycles. The first kappa shape index (κ1) is 19.6. The Labute approximate surface area is 165 Å². The van der Waals surface area contributed by atoms with Crippen LogP contribution in [0.1, 0.15) is 35.8 Å². The summed E-state index contributed by atoms with van der Waals surface area (Å²) in [6.07, 6.45) is -2.52. The van der Waals surface area contributed by atoms with E-state index in [9.17, 15) is 17.6 Å². The van der Waals surface area contributed by atoms with Crippen LogP contribution in [0.2, 0.25) is 0 Å². The maximum atomic E-state index is 13.4. The fourth-order valence-electron chi connectivity index (χ4n) is 3.60. The second kappa shape index (κ2) is 7.94. The van der Waals surface area contributed by atoms with Gasteiger partial charge in [-0.15, -0.1) is 0 Å². The zero-order valence-corrected chi connectivity index (χ0v) is 15.5. The maximum Gasteiger partial charge on any atom is 0.416 e. The van der Waals surface area contributed by atoms with Gasteiger partial charge in [0.1, 0.15) is 5.82 Å². The van der Waals surface area contributed by atoms with E-state index in [0.29, 0.717) is 30.4 Å². The Bertz CT molecular complexity index is 969. The van der Waals surface area contributed by atoms with Crippen LogP contribution in [0.3, 0.4) is 0 Å². The van der Waals surface area contributed by atoms with Gasteiger partial charge in [-0.2, -0.15) is 18.2 Å². The second-order valence-electron chi connectivity index (χ2n) is 7.24. The van der Waals surface area contributed by atoms with Gasteiger partial charge in [-0.05, 0) is 49.2 Å². The monoisotopic (exact) mass is 405 g/mol. The molecular weight excluding hydrogens is 386 g/mol. The number of hydrogen-bond acceptors (Lipinski definition) is 4. The Balaban J connectivity index is 1.42. The minimum absolute atomic E-state index is 0.0352. The van der Waals surface area contributed by atoms with E-state index in [1.165, 1.54) is 24.3 Å². The maximum absolute atomic E-state index is 13.4. The summed E-state index contributed by atoms with van der Waals surface area (Å²) in [5.74, 6) is 0.517. The Morgan fingerprint density at radius 2 is 1.90 bits per heavy atom. The predicted molar refractivity (Wildman–Crippen MR) is 98.4 cm³/mol. The predicted octanol–water partition coefficient (Wildman–Crippen LogP) is 5.27. The number of halogens is 4. The fourth-order valence-corrected chi connectivity index (χ4v) is 3.60. The normalized spacial score (nSPS) is 18.1. The molecule has 0 bridgehead atoms. The minimum atomic E-state index is -4.33. The molecule has 1 aliphatic rings. The molecule has 0 N–H and O–H groups in total. The van der Waals surface area contributed by atoms with Gasteiger partial charge in [0, 0.05) is 18.7 Å². The molecule has 1 fully saturated rings. The molecular formula is C21H19F4N3O. The lowest BCUT2D eigenvalue weighted by Gasteiger charge is -2.31. The summed E-state index contributed by atoms with van der Waals surface area (Å²) < 4.78 is 57.0. The lowest BCUT2D eigenvalue weighted by atomic mass is 9.97. The quantitative estimate of drug-likeness (QED) is 0.555. The Morgan fingerprint density at radius 3 is 2.62 bits per heavy atom. The van der Waals surface area contributed by atoms with Crippen molar-refractivity contribution in [3.05, 3.63) is 71.4 Å². The van der Waals surface area contributed by atoms with E-state index in [2.05, 4.69) is 15.0 Å². The van der Waals surface area contributed by atoms with Gasteiger partial charge in [-0.25, -0.2) is 4.39 Å². The second-order valence-corrected chi connectivity index (χ2v) is 7.24. The summed E-state index contributed by atoms with van der Waals surface area (Å²) in [6.45, 7) is 2.08. The molecule has 0 amide bonds. The van der Waals surface area contributed by atoms with Crippen LogP contribution in [0.15, 0.2) is 53.1 Å². The average Bonchev–Trinajstić information content (AvgIpc) is 3.18. The molecule has 0 saturated carbocycles. The molecule has 1 aromatic heterocycles. The van der Waals surface area contributed by atoms with Crippen molar-refractivity contribution in [3.63, 3.8) is 0 Å². The molecule has 0 radical (unpaired) electrons. The van der Waals surface area contributed by atoms with E-state index in [4.69, 9.17) is 4.52 Å². The molecule has 0 spiro atoms. The first-order chi connectivity index (χ1) is 13.9. The molecule has 1 aliphatic heterocycles. The Morgan fingerprint density at radius 1 is 1.10 bits per heavy atom. The molecule has 1 saturated heterocycles. The van der Waals surface area contributed by atoms with Crippen LogP contribution in [-0.2, 0) is 12.7 Å². The zero-order valence-electron chi connectivity index (χ0n) is 15.5. The van der Waals surface area contributed by atoms with Crippen molar-refractivity contribution >= 4 is 0 Å². The van der Waals surface area contributed by atoms with E-state index >= 15 is 0 Å². The van der Waals surface area contributed by atoms with Gasteiger partial charge in [0.15, 0.2) is 0 Å². The molecule has 29 heavy (non-hydrogen) atoms. The highest BCUT2D eigenvalue weighted by Crippen LogP contribution is 2.31. The topological polar surface area (TPSA) is 42.2 Å². The first-order valence-corrected chi connectivity index (χ1v) is 9.36. The van der Waals surface area contributed by atoms with E-state index < -0.39 is 11.7 Å². The summed E-state index contributed by atoms with van der Waals surface area (Å²) in [5.41, 5.74) is 0.732. The van der Waals surface area contributed by atoms with Gasteiger partial charge >= 0.3 is 6.18 Å². The summed E-state index contributed by atoms with van der Waals surface area (Å²) in [5, 5.41) is 3.97. The third-order valence-corrected chi connectivity index (χ3v) is 5.07. The fraction of sp³-hybridized carbons (Fsp3) is 0.333. The highest BCUT2D eigenvalue weighted by molar-refractivity contribution is 5.53. The lowest BCUT2D eigenvalue weighted by Crippen LogP contribution is -2.34. The number of likely N-dealkylation sites (tertiary alicyclic amines) is 1. The molecule has 2 heterocycles. The van der Waals surface area contributed by atoms with Gasteiger partial charge in [0.25, 0.3) is 0 Å². The number of nitrogens with zero attached hydrogens (tertiary/aromatic N) is 3. The van der Waals surface area contributed by atoms with Crippen molar-refractivity contribution in [1.29, 1.82) is 0 Å². The van der Waals surface area contributed by atoms with Crippen molar-refractivity contribution in [3.8, 4) is 11.4 Å². The van der Waals surface area contributed by atoms with E-state index in [-0.39, 0.29) is 11.7 Å². The van der Waals surface area contributed by atoms with Crippen LogP contribution >= 0.6 is 0 Å². The van der Waals surface area contributed by atoms with E-state index in [1.54, 1.807) is 12.1 Å². The van der Waals surface area contributed by atoms with Crippen molar-refractivity contribution in [2.24, 2.45) is 0 Å². The molecule has 2 aromatic carbocycles. The number of hydrogen-bond donors (Lipinski definition) is 0. The molecule has 4 rings (SSSR count). The van der Waals surface area contributed by atoms with Crippen molar-refractivity contribution < 1.29 is 22.1 Å². The molecule has 152 valence electrons. The Hall–Kier alpha value is -2.74. The van der Waals surface area contributed by atoms with Crippen molar-refractivity contribution in [2.75, 3.05) is 13.1 Å².